The first-order chi connectivity index (χ1) is 11.4. The lowest BCUT2D eigenvalue weighted by Gasteiger charge is -2.43. The van der Waals surface area contributed by atoms with Gasteiger partial charge in [-0.25, -0.2) is 0 Å². The number of hydrogen-bond donors (Lipinski definition) is 2. The number of nitrogens with one attached hydrogen (secondary N) is 1. The van der Waals surface area contributed by atoms with Gasteiger partial charge in [0.15, 0.2) is 0 Å². The second-order valence-corrected chi connectivity index (χ2v) is 7.07. The van der Waals surface area contributed by atoms with Gasteiger partial charge in [-0.2, -0.15) is 13.2 Å². The maximum absolute atomic E-state index is 13.0. The van der Waals surface area contributed by atoms with Crippen LogP contribution in [0.4, 0.5) is 13.2 Å². The molecule has 3 N–H and O–H groups in total. The van der Waals surface area contributed by atoms with Crippen LogP contribution in [-0.2, 0) is 17.5 Å². The van der Waals surface area contributed by atoms with Crippen LogP contribution in [-0.4, -0.2) is 11.9 Å². The van der Waals surface area contributed by atoms with Gasteiger partial charge in [-0.3, -0.25) is 4.79 Å². The van der Waals surface area contributed by atoms with E-state index in [9.17, 15) is 18.0 Å². The van der Waals surface area contributed by atoms with Crippen molar-refractivity contribution in [3.8, 4) is 0 Å². The summed E-state index contributed by atoms with van der Waals surface area (Å²) in [5.74, 6) is 0.473. The summed E-state index contributed by atoms with van der Waals surface area (Å²) in [5.41, 5.74) is 5.64. The van der Waals surface area contributed by atoms with Crippen molar-refractivity contribution >= 4 is 5.91 Å². The highest BCUT2D eigenvalue weighted by Crippen LogP contribution is 2.42. The molecular weight excluding hydrogens is 317 g/mol. The maximum atomic E-state index is 13.0. The number of nitrogens with two attached hydrogens (primary N) is 1. The molecule has 2 unspecified atom stereocenters. The van der Waals surface area contributed by atoms with Gasteiger partial charge in [0.05, 0.1) is 5.56 Å². The zero-order valence-corrected chi connectivity index (χ0v) is 13.5. The summed E-state index contributed by atoms with van der Waals surface area (Å²) in [5, 5.41) is 2.71. The van der Waals surface area contributed by atoms with E-state index < -0.39 is 11.7 Å². The van der Waals surface area contributed by atoms with Gasteiger partial charge in [0.2, 0.25) is 5.91 Å². The zero-order chi connectivity index (χ0) is 17.3. The average Bonchev–Trinajstić information content (AvgIpc) is 2.51. The van der Waals surface area contributed by atoms with E-state index >= 15 is 0 Å². The minimum atomic E-state index is -4.41. The SMILES string of the molecule is NC1C2CCCC1CC(C(=O)NCc1ccccc1C(F)(F)F)C2. The second-order valence-electron chi connectivity index (χ2n) is 7.07. The standard InChI is InChI=1S/C18H23F3N2O/c19-18(20,21)15-7-2-1-4-13(15)10-23-17(24)14-8-11-5-3-6-12(9-14)16(11)22/h1-2,4,7,11-12,14,16H,3,5-6,8-10,22H2,(H,23,24). The summed E-state index contributed by atoms with van der Waals surface area (Å²) in [7, 11) is 0. The van der Waals surface area contributed by atoms with Crippen molar-refractivity contribution in [3.05, 3.63) is 35.4 Å². The van der Waals surface area contributed by atoms with Gasteiger partial charge in [0.1, 0.15) is 0 Å². The fourth-order valence-electron chi connectivity index (χ4n) is 4.28. The Hall–Kier alpha value is -1.56. The minimum absolute atomic E-state index is 0.0909. The van der Waals surface area contributed by atoms with E-state index in [1.54, 1.807) is 6.07 Å². The normalized spacial score (nSPS) is 30.0. The van der Waals surface area contributed by atoms with Gasteiger partial charge in [0, 0.05) is 18.5 Å². The Morgan fingerprint density at radius 1 is 1.17 bits per heavy atom. The van der Waals surface area contributed by atoms with Gasteiger partial charge in [-0.15, -0.1) is 0 Å². The number of benzene rings is 1. The first kappa shape index (κ1) is 17.3. The van der Waals surface area contributed by atoms with Gasteiger partial charge < -0.3 is 11.1 Å². The topological polar surface area (TPSA) is 55.1 Å². The molecule has 3 nitrogen and oxygen atoms in total. The number of hydrogen-bond acceptors (Lipinski definition) is 2. The minimum Gasteiger partial charge on any atom is -0.352 e. The van der Waals surface area contributed by atoms with E-state index in [4.69, 9.17) is 5.73 Å². The van der Waals surface area contributed by atoms with Crippen LogP contribution >= 0.6 is 0 Å². The maximum Gasteiger partial charge on any atom is 0.416 e. The largest absolute Gasteiger partial charge is 0.416 e. The first-order valence-electron chi connectivity index (χ1n) is 8.54. The summed E-state index contributed by atoms with van der Waals surface area (Å²) in [4.78, 5) is 12.4. The van der Waals surface area contributed by atoms with E-state index in [0.717, 1.165) is 38.2 Å². The summed E-state index contributed by atoms with van der Waals surface area (Å²) < 4.78 is 39.0. The van der Waals surface area contributed by atoms with Crippen LogP contribution in [0.15, 0.2) is 24.3 Å². The lowest BCUT2D eigenvalue weighted by Crippen LogP contribution is -2.49. The molecule has 24 heavy (non-hydrogen) atoms. The third-order valence-corrected chi connectivity index (χ3v) is 5.56. The third-order valence-electron chi connectivity index (χ3n) is 5.56. The van der Waals surface area contributed by atoms with E-state index in [0.29, 0.717) is 11.8 Å². The summed E-state index contributed by atoms with van der Waals surface area (Å²) in [6.07, 6.45) is 0.373. The Morgan fingerprint density at radius 2 is 1.79 bits per heavy atom. The molecular formula is C18H23F3N2O. The number of fused-ring (bicyclic) bond motifs is 2. The van der Waals surface area contributed by atoms with E-state index in [1.165, 1.54) is 12.1 Å². The van der Waals surface area contributed by atoms with Crippen LogP contribution in [0, 0.1) is 17.8 Å². The summed E-state index contributed by atoms with van der Waals surface area (Å²) >= 11 is 0. The molecule has 0 heterocycles. The quantitative estimate of drug-likeness (QED) is 0.885. The smallest absolute Gasteiger partial charge is 0.352 e. The molecule has 132 valence electrons. The molecule has 0 saturated heterocycles. The predicted octanol–water partition coefficient (Wildman–Crippen LogP) is 3.48. The van der Waals surface area contributed by atoms with Crippen LogP contribution in [0.3, 0.4) is 0 Å². The van der Waals surface area contributed by atoms with Crippen LogP contribution in [0.25, 0.3) is 0 Å². The Kier molecular flexibility index (Phi) is 4.85. The highest BCUT2D eigenvalue weighted by atomic mass is 19.4. The molecule has 0 aromatic heterocycles. The number of halogens is 3. The monoisotopic (exact) mass is 340 g/mol. The summed E-state index contributed by atoms with van der Waals surface area (Å²) in [6.45, 7) is -0.0909. The highest BCUT2D eigenvalue weighted by molar-refractivity contribution is 5.78. The van der Waals surface area contributed by atoms with Crippen molar-refractivity contribution in [2.75, 3.05) is 0 Å². The van der Waals surface area contributed by atoms with Crippen molar-refractivity contribution in [1.82, 2.24) is 5.32 Å². The molecule has 0 aliphatic heterocycles. The van der Waals surface area contributed by atoms with Crippen molar-refractivity contribution in [1.29, 1.82) is 0 Å². The zero-order valence-electron chi connectivity index (χ0n) is 13.5. The van der Waals surface area contributed by atoms with Crippen LogP contribution in [0.5, 0.6) is 0 Å². The Balaban J connectivity index is 1.63. The molecule has 0 radical (unpaired) electrons. The van der Waals surface area contributed by atoms with Crippen LogP contribution in [0.1, 0.15) is 43.2 Å². The predicted molar refractivity (Wildman–Crippen MR) is 84.8 cm³/mol. The van der Waals surface area contributed by atoms with Crippen molar-refractivity contribution < 1.29 is 18.0 Å². The molecule has 2 bridgehead atoms. The van der Waals surface area contributed by atoms with Crippen molar-refractivity contribution in [2.45, 2.75) is 50.9 Å². The number of amides is 1. The van der Waals surface area contributed by atoms with E-state index in [1.807, 2.05) is 0 Å². The van der Waals surface area contributed by atoms with Gasteiger partial charge in [0.25, 0.3) is 0 Å². The third kappa shape index (κ3) is 3.58. The lowest BCUT2D eigenvalue weighted by molar-refractivity contribution is -0.138. The molecule has 0 spiro atoms. The molecule has 3 rings (SSSR count). The molecule has 2 saturated carbocycles. The second kappa shape index (κ2) is 6.75. The fourth-order valence-corrected chi connectivity index (χ4v) is 4.28. The molecule has 6 heteroatoms. The Labute approximate surface area is 139 Å². The molecule has 2 aliphatic carbocycles. The van der Waals surface area contributed by atoms with Crippen molar-refractivity contribution in [2.24, 2.45) is 23.5 Å². The molecule has 1 aromatic rings. The average molecular weight is 340 g/mol. The molecule has 1 amide bonds. The number of alkyl halides is 3. The number of carbonyl (C=O) groups is 1. The fraction of sp³-hybridized carbons (Fsp3) is 0.611. The molecule has 2 fully saturated rings. The number of rotatable bonds is 3. The van der Waals surface area contributed by atoms with E-state index in [2.05, 4.69) is 5.32 Å². The highest BCUT2D eigenvalue weighted by Gasteiger charge is 2.40. The van der Waals surface area contributed by atoms with Crippen LogP contribution < -0.4 is 11.1 Å². The van der Waals surface area contributed by atoms with Gasteiger partial charge in [-0.1, -0.05) is 24.6 Å². The molecule has 2 aliphatic rings. The summed E-state index contributed by atoms with van der Waals surface area (Å²) in [6, 6.07) is 5.55. The Bertz CT molecular complexity index is 588. The van der Waals surface area contributed by atoms with E-state index in [-0.39, 0.29) is 30.0 Å². The molecule has 2 atom stereocenters. The van der Waals surface area contributed by atoms with Gasteiger partial charge in [-0.05, 0) is 49.1 Å². The van der Waals surface area contributed by atoms with Gasteiger partial charge >= 0.3 is 6.18 Å². The first-order valence-corrected chi connectivity index (χ1v) is 8.54. The lowest BCUT2D eigenvalue weighted by atomic mass is 9.65. The Morgan fingerprint density at radius 3 is 2.42 bits per heavy atom. The van der Waals surface area contributed by atoms with Crippen LogP contribution in [0.2, 0.25) is 0 Å². The number of carbonyl (C=O) groups excluding carboxylic acids is 1. The van der Waals surface area contributed by atoms with Crippen molar-refractivity contribution in [3.63, 3.8) is 0 Å². The molecule has 1 aromatic carbocycles.